The van der Waals surface area contributed by atoms with Crippen molar-refractivity contribution in [2.45, 2.75) is 24.8 Å². The van der Waals surface area contributed by atoms with Crippen molar-refractivity contribution in [2.24, 2.45) is 0 Å². The van der Waals surface area contributed by atoms with Gasteiger partial charge in [-0.3, -0.25) is 18.4 Å². The molecule has 0 amide bonds. The molecule has 0 fully saturated rings. The first kappa shape index (κ1) is 21.3. The molecule has 8 nitrogen and oxygen atoms in total. The van der Waals surface area contributed by atoms with Crippen molar-refractivity contribution in [3.05, 3.63) is 52.1 Å². The van der Waals surface area contributed by atoms with Gasteiger partial charge in [-0.25, -0.2) is 16.8 Å². The summed E-state index contributed by atoms with van der Waals surface area (Å²) in [6, 6.07) is 10.7. The first-order chi connectivity index (χ1) is 13.5. The molecule has 156 valence electrons. The average molecular weight is 456 g/mol. The number of hydrogen-bond donors (Lipinski definition) is 1. The van der Waals surface area contributed by atoms with Crippen LogP contribution in [0.1, 0.15) is 13.3 Å². The lowest BCUT2D eigenvalue weighted by atomic mass is 10.3. The van der Waals surface area contributed by atoms with Gasteiger partial charge in [-0.05, 0) is 42.8 Å². The highest BCUT2D eigenvalue weighted by Gasteiger charge is 2.18. The Labute approximate surface area is 173 Å². The molecule has 0 unspecified atom stereocenters. The second-order valence-corrected chi connectivity index (χ2v) is 11.2. The Hall–Kier alpha value is -2.37. The maximum atomic E-state index is 12.8. The van der Waals surface area contributed by atoms with Crippen LogP contribution in [0.4, 0.5) is 11.4 Å². The van der Waals surface area contributed by atoms with E-state index in [1.54, 1.807) is 22.8 Å². The van der Waals surface area contributed by atoms with Crippen molar-refractivity contribution in [3.63, 3.8) is 0 Å². The van der Waals surface area contributed by atoms with Crippen molar-refractivity contribution < 1.29 is 16.8 Å². The van der Waals surface area contributed by atoms with Gasteiger partial charge < -0.3 is 0 Å². The third kappa shape index (κ3) is 4.46. The summed E-state index contributed by atoms with van der Waals surface area (Å²) in [7, 11) is -6.01. The molecule has 0 aliphatic rings. The Morgan fingerprint density at radius 3 is 2.48 bits per heavy atom. The summed E-state index contributed by atoms with van der Waals surface area (Å²) in [4.78, 5) is 12.0. The molecule has 29 heavy (non-hydrogen) atoms. The minimum absolute atomic E-state index is 0.0248. The second-order valence-electron chi connectivity index (χ2n) is 6.54. The monoisotopic (exact) mass is 455 g/mol. The Bertz CT molecular complexity index is 1320. The molecule has 0 aliphatic heterocycles. The highest BCUT2D eigenvalue weighted by Crippen LogP contribution is 2.25. The van der Waals surface area contributed by atoms with Gasteiger partial charge in [0.15, 0.2) is 0 Å². The van der Waals surface area contributed by atoms with Gasteiger partial charge >= 0.3 is 4.87 Å². The molecule has 0 saturated carbocycles. The van der Waals surface area contributed by atoms with Crippen molar-refractivity contribution in [3.8, 4) is 0 Å². The zero-order chi connectivity index (χ0) is 21.4. The van der Waals surface area contributed by atoms with Gasteiger partial charge in [0.1, 0.15) is 0 Å². The normalized spacial score (nSPS) is 12.2. The van der Waals surface area contributed by atoms with Crippen LogP contribution in [0.25, 0.3) is 10.2 Å². The van der Waals surface area contributed by atoms with Gasteiger partial charge in [-0.15, -0.1) is 0 Å². The number of anilines is 2. The highest BCUT2D eigenvalue weighted by molar-refractivity contribution is 7.92. The smallest absolute Gasteiger partial charge is 0.299 e. The molecular weight excluding hydrogens is 434 g/mol. The molecule has 1 N–H and O–H groups in total. The number of thiazole rings is 1. The van der Waals surface area contributed by atoms with Crippen molar-refractivity contribution in [1.82, 2.24) is 4.57 Å². The van der Waals surface area contributed by atoms with Crippen LogP contribution in [0.3, 0.4) is 0 Å². The largest absolute Gasteiger partial charge is 0.308 e. The summed E-state index contributed by atoms with van der Waals surface area (Å²) in [5.74, 6) is 0. The second kappa shape index (κ2) is 7.81. The van der Waals surface area contributed by atoms with E-state index in [-0.39, 0.29) is 15.5 Å². The summed E-state index contributed by atoms with van der Waals surface area (Å²) in [6.07, 6.45) is 1.86. The van der Waals surface area contributed by atoms with E-state index >= 15 is 0 Å². The van der Waals surface area contributed by atoms with E-state index in [0.717, 1.165) is 28.3 Å². The summed E-state index contributed by atoms with van der Waals surface area (Å²) in [5, 5.41) is 0. The number of nitrogens with one attached hydrogen (secondary N) is 1. The number of aryl methyl sites for hydroxylation is 1. The molecule has 2 aromatic carbocycles. The van der Waals surface area contributed by atoms with E-state index in [2.05, 4.69) is 4.72 Å². The highest BCUT2D eigenvalue weighted by atomic mass is 32.2. The Balaban J connectivity index is 1.95. The summed E-state index contributed by atoms with van der Waals surface area (Å²) < 4.78 is 54.8. The lowest BCUT2D eigenvalue weighted by Crippen LogP contribution is -2.24. The molecule has 3 aromatic rings. The summed E-state index contributed by atoms with van der Waals surface area (Å²) in [5.41, 5.74) is 1.27. The van der Waals surface area contributed by atoms with Gasteiger partial charge in [0.25, 0.3) is 10.0 Å². The van der Waals surface area contributed by atoms with E-state index in [1.807, 2.05) is 6.92 Å². The molecule has 11 heteroatoms. The molecule has 0 bridgehead atoms. The first-order valence-corrected chi connectivity index (χ1v) is 12.9. The standard InChI is InChI=1S/C18H21N3O5S3/c1-4-10-21-16-9-8-15(12-17(16)27-18(21)22)29(25,26)19-13-6-5-7-14(11-13)20(2)28(3,23)24/h5-9,11-12,19H,4,10H2,1-3H3. The predicted molar refractivity (Wildman–Crippen MR) is 117 cm³/mol. The van der Waals surface area contributed by atoms with Crippen LogP contribution in [0.5, 0.6) is 0 Å². The van der Waals surface area contributed by atoms with Gasteiger partial charge in [-0.1, -0.05) is 24.3 Å². The van der Waals surface area contributed by atoms with E-state index in [4.69, 9.17) is 0 Å². The zero-order valence-electron chi connectivity index (χ0n) is 16.1. The fourth-order valence-corrected chi connectivity index (χ4v) is 5.42. The molecule has 0 spiro atoms. The van der Waals surface area contributed by atoms with Crippen molar-refractivity contribution in [1.29, 1.82) is 0 Å². The van der Waals surface area contributed by atoms with Gasteiger partial charge in [0.2, 0.25) is 10.0 Å². The van der Waals surface area contributed by atoms with Crippen molar-refractivity contribution in [2.75, 3.05) is 22.3 Å². The predicted octanol–water partition coefficient (Wildman–Crippen LogP) is 2.67. The van der Waals surface area contributed by atoms with Crippen LogP contribution < -0.4 is 13.9 Å². The third-order valence-electron chi connectivity index (χ3n) is 4.36. The minimum atomic E-state index is -3.92. The van der Waals surface area contributed by atoms with Gasteiger partial charge in [0, 0.05) is 13.6 Å². The van der Waals surface area contributed by atoms with Crippen molar-refractivity contribution >= 4 is 53.0 Å². The third-order valence-corrected chi connectivity index (χ3v) is 7.88. The molecule has 1 aromatic heterocycles. The topological polar surface area (TPSA) is 106 Å². The lowest BCUT2D eigenvalue weighted by molar-refractivity contribution is 0.599. The molecule has 0 radical (unpaired) electrons. The minimum Gasteiger partial charge on any atom is -0.299 e. The Morgan fingerprint density at radius 2 is 1.83 bits per heavy atom. The van der Waals surface area contributed by atoms with Crippen LogP contribution in [-0.4, -0.2) is 34.7 Å². The Morgan fingerprint density at radius 1 is 1.10 bits per heavy atom. The van der Waals surface area contributed by atoms with Crippen LogP contribution in [0.15, 0.2) is 52.2 Å². The fourth-order valence-electron chi connectivity index (χ4n) is 2.82. The number of benzene rings is 2. The Kier molecular flexibility index (Phi) is 5.74. The lowest BCUT2D eigenvalue weighted by Gasteiger charge is -2.17. The van der Waals surface area contributed by atoms with E-state index in [1.165, 1.54) is 31.3 Å². The average Bonchev–Trinajstić information content (AvgIpc) is 2.95. The molecule has 3 rings (SSSR count). The SMILES string of the molecule is CCCn1c(=O)sc2cc(S(=O)(=O)Nc3cccc(N(C)S(C)(=O)=O)c3)ccc21. The number of nitrogens with zero attached hydrogens (tertiary/aromatic N) is 2. The fraction of sp³-hybridized carbons (Fsp3) is 0.278. The van der Waals surface area contributed by atoms with E-state index in [0.29, 0.717) is 22.4 Å². The molecule has 0 saturated heterocycles. The number of hydrogen-bond acceptors (Lipinski definition) is 6. The van der Waals surface area contributed by atoms with Crippen LogP contribution in [0.2, 0.25) is 0 Å². The van der Waals surface area contributed by atoms with Gasteiger partial charge in [0.05, 0.1) is 32.7 Å². The van der Waals surface area contributed by atoms with E-state index < -0.39 is 20.0 Å². The number of aromatic nitrogens is 1. The molecule has 0 aliphatic carbocycles. The quantitative estimate of drug-likeness (QED) is 0.590. The molecule has 1 heterocycles. The van der Waals surface area contributed by atoms with Crippen LogP contribution >= 0.6 is 11.3 Å². The summed E-state index contributed by atoms with van der Waals surface area (Å²) >= 11 is 1.01. The number of fused-ring (bicyclic) bond motifs is 1. The van der Waals surface area contributed by atoms with E-state index in [9.17, 15) is 21.6 Å². The van der Waals surface area contributed by atoms with Crippen LogP contribution in [-0.2, 0) is 26.6 Å². The summed E-state index contributed by atoms with van der Waals surface area (Å²) in [6.45, 7) is 2.54. The number of rotatable bonds is 7. The first-order valence-electron chi connectivity index (χ1n) is 8.73. The zero-order valence-corrected chi connectivity index (χ0v) is 18.6. The molecular formula is C18H21N3O5S3. The number of sulfonamides is 2. The maximum Gasteiger partial charge on any atom is 0.308 e. The van der Waals surface area contributed by atoms with Gasteiger partial charge in [-0.2, -0.15) is 0 Å². The van der Waals surface area contributed by atoms with Crippen LogP contribution in [0, 0.1) is 0 Å². The molecule has 0 atom stereocenters. The maximum absolute atomic E-state index is 12.8.